The maximum atomic E-state index is 7.00. The van der Waals surface area contributed by atoms with Crippen LogP contribution in [0.1, 0.15) is 50.9 Å². The molecule has 3 heterocycles. The minimum absolute atomic E-state index is 0.629. The molecule has 2 aromatic rings. The molecule has 0 saturated heterocycles. The molecule has 5 nitrogen and oxygen atoms in total. The van der Waals surface area contributed by atoms with Crippen LogP contribution in [0.4, 0.5) is 5.82 Å². The van der Waals surface area contributed by atoms with Gasteiger partial charge >= 0.3 is 0 Å². The van der Waals surface area contributed by atoms with Crippen LogP contribution in [0.15, 0.2) is 24.3 Å². The van der Waals surface area contributed by atoms with E-state index in [9.17, 15) is 0 Å². The van der Waals surface area contributed by atoms with Crippen LogP contribution in [-0.4, -0.2) is 42.4 Å². The minimum atomic E-state index is 0.629. The third kappa shape index (κ3) is 4.36. The SMILES string of the molecule is CCOc1ccc(-c2nc3c(cc2CC)C(CC)=CCN3C)c(CC)n1.CO. The molecule has 0 fully saturated rings. The Morgan fingerprint density at radius 2 is 1.75 bits per heavy atom. The molecular formula is C23H33N3O2. The molecule has 0 aromatic carbocycles. The summed E-state index contributed by atoms with van der Waals surface area (Å²) in [5.41, 5.74) is 7.17. The average molecular weight is 384 g/mol. The number of pyridine rings is 2. The zero-order valence-electron chi connectivity index (χ0n) is 18.0. The van der Waals surface area contributed by atoms with Gasteiger partial charge in [-0.1, -0.05) is 26.8 Å². The largest absolute Gasteiger partial charge is 0.478 e. The number of fused-ring (bicyclic) bond motifs is 1. The average Bonchev–Trinajstić information content (AvgIpc) is 2.75. The number of rotatable bonds is 6. The lowest BCUT2D eigenvalue weighted by Crippen LogP contribution is -2.24. The number of anilines is 1. The van der Waals surface area contributed by atoms with Crippen LogP contribution in [0.3, 0.4) is 0 Å². The first-order valence-electron chi connectivity index (χ1n) is 10.1. The van der Waals surface area contributed by atoms with Crippen LogP contribution in [0.2, 0.25) is 0 Å². The van der Waals surface area contributed by atoms with E-state index in [-0.39, 0.29) is 0 Å². The fraction of sp³-hybridized carbons (Fsp3) is 0.478. The van der Waals surface area contributed by atoms with E-state index in [1.165, 1.54) is 16.7 Å². The standard InChI is InChI=1S/C22H29N3O.CH4O/c1-6-15-12-13-25(5)22-18(15)14-16(7-2)21(24-22)17-10-11-20(26-9-4)23-19(17)8-3;1-2/h10-12,14H,6-9,13H2,1-5H3;2H,1H3. The van der Waals surface area contributed by atoms with Gasteiger partial charge in [-0.3, -0.25) is 0 Å². The number of hydrogen-bond donors (Lipinski definition) is 1. The molecule has 0 amide bonds. The smallest absolute Gasteiger partial charge is 0.213 e. The van der Waals surface area contributed by atoms with Crippen molar-refractivity contribution in [1.82, 2.24) is 9.97 Å². The molecule has 0 saturated carbocycles. The van der Waals surface area contributed by atoms with Gasteiger partial charge in [-0.15, -0.1) is 0 Å². The second-order valence-corrected chi connectivity index (χ2v) is 6.61. The normalized spacial score (nSPS) is 12.7. The van der Waals surface area contributed by atoms with Gasteiger partial charge in [0.05, 0.1) is 18.0 Å². The molecule has 0 spiro atoms. The molecule has 0 atom stereocenters. The second-order valence-electron chi connectivity index (χ2n) is 6.61. The predicted octanol–water partition coefficient (Wildman–Crippen LogP) is 4.52. The minimum Gasteiger partial charge on any atom is -0.478 e. The molecule has 5 heteroatoms. The topological polar surface area (TPSA) is 58.5 Å². The van der Waals surface area contributed by atoms with Gasteiger partial charge in [0, 0.05) is 37.9 Å². The van der Waals surface area contributed by atoms with E-state index in [1.807, 2.05) is 13.0 Å². The number of aromatic nitrogens is 2. The quantitative estimate of drug-likeness (QED) is 0.795. The monoisotopic (exact) mass is 383 g/mol. The van der Waals surface area contributed by atoms with E-state index in [1.54, 1.807) is 0 Å². The van der Waals surface area contributed by atoms with E-state index in [2.05, 4.69) is 50.9 Å². The number of hydrogen-bond acceptors (Lipinski definition) is 5. The molecule has 2 aromatic heterocycles. The van der Waals surface area contributed by atoms with Crippen LogP contribution in [0.5, 0.6) is 5.88 Å². The van der Waals surface area contributed by atoms with Gasteiger partial charge in [0.2, 0.25) is 5.88 Å². The highest BCUT2D eigenvalue weighted by molar-refractivity contribution is 5.81. The molecule has 0 radical (unpaired) electrons. The van der Waals surface area contributed by atoms with Crippen molar-refractivity contribution in [2.45, 2.75) is 47.0 Å². The maximum absolute atomic E-state index is 7.00. The Hall–Kier alpha value is -2.40. The van der Waals surface area contributed by atoms with E-state index in [0.717, 1.165) is 55.7 Å². The first-order chi connectivity index (χ1) is 13.6. The molecule has 3 rings (SSSR count). The first kappa shape index (κ1) is 21.9. The van der Waals surface area contributed by atoms with Gasteiger partial charge < -0.3 is 14.7 Å². The van der Waals surface area contributed by atoms with Gasteiger partial charge in [0.1, 0.15) is 5.82 Å². The Labute approximate surface area is 169 Å². The third-order valence-corrected chi connectivity index (χ3v) is 4.99. The van der Waals surface area contributed by atoms with E-state index in [0.29, 0.717) is 12.5 Å². The molecular weight excluding hydrogens is 350 g/mol. The van der Waals surface area contributed by atoms with Gasteiger partial charge in [-0.25, -0.2) is 9.97 Å². The maximum Gasteiger partial charge on any atom is 0.213 e. The van der Waals surface area contributed by atoms with Gasteiger partial charge in [-0.05, 0) is 49.5 Å². The molecule has 1 aliphatic heterocycles. The van der Waals surface area contributed by atoms with Crippen LogP contribution >= 0.6 is 0 Å². The van der Waals surface area contributed by atoms with Crippen LogP contribution in [-0.2, 0) is 12.8 Å². The Balaban J connectivity index is 0.00000136. The number of aliphatic hydroxyl groups is 1. The molecule has 28 heavy (non-hydrogen) atoms. The molecule has 0 bridgehead atoms. The number of nitrogens with zero attached hydrogens (tertiary/aromatic N) is 3. The zero-order chi connectivity index (χ0) is 20.7. The Morgan fingerprint density at radius 1 is 1.00 bits per heavy atom. The van der Waals surface area contributed by atoms with Crippen LogP contribution in [0, 0.1) is 0 Å². The van der Waals surface area contributed by atoms with E-state index in [4.69, 9.17) is 19.8 Å². The van der Waals surface area contributed by atoms with Gasteiger partial charge in [-0.2, -0.15) is 0 Å². The summed E-state index contributed by atoms with van der Waals surface area (Å²) >= 11 is 0. The van der Waals surface area contributed by atoms with E-state index < -0.39 is 0 Å². The van der Waals surface area contributed by atoms with E-state index >= 15 is 0 Å². The van der Waals surface area contributed by atoms with Crippen molar-refractivity contribution in [2.24, 2.45) is 0 Å². The lowest BCUT2D eigenvalue weighted by molar-refractivity contribution is 0.326. The highest BCUT2D eigenvalue weighted by atomic mass is 16.5. The molecule has 152 valence electrons. The van der Waals surface area contributed by atoms with Crippen molar-refractivity contribution < 1.29 is 9.84 Å². The first-order valence-corrected chi connectivity index (χ1v) is 10.1. The third-order valence-electron chi connectivity index (χ3n) is 4.99. The van der Waals surface area contributed by atoms with Crippen molar-refractivity contribution in [2.75, 3.05) is 32.2 Å². The number of ether oxygens (including phenoxy) is 1. The number of aliphatic hydroxyl groups excluding tert-OH is 1. The number of aryl methyl sites for hydroxylation is 2. The highest BCUT2D eigenvalue weighted by Crippen LogP contribution is 2.36. The lowest BCUT2D eigenvalue weighted by atomic mass is 9.94. The van der Waals surface area contributed by atoms with Crippen molar-refractivity contribution >= 4 is 11.4 Å². The van der Waals surface area contributed by atoms with Crippen molar-refractivity contribution in [3.8, 4) is 17.1 Å². The summed E-state index contributed by atoms with van der Waals surface area (Å²) < 4.78 is 5.58. The number of allylic oxidation sites excluding steroid dienone is 1. The van der Waals surface area contributed by atoms with Crippen molar-refractivity contribution in [3.05, 3.63) is 41.1 Å². The molecule has 0 unspecified atom stereocenters. The number of likely N-dealkylation sites (N-methyl/N-ethyl adjacent to an activating group) is 1. The van der Waals surface area contributed by atoms with Gasteiger partial charge in [0.15, 0.2) is 0 Å². The lowest BCUT2D eigenvalue weighted by Gasteiger charge is -2.28. The Kier molecular flexibility index (Phi) is 8.00. The highest BCUT2D eigenvalue weighted by Gasteiger charge is 2.21. The Bertz CT molecular complexity index is 831. The molecule has 0 aliphatic carbocycles. The second kappa shape index (κ2) is 10.2. The van der Waals surface area contributed by atoms with Crippen LogP contribution in [0.25, 0.3) is 16.8 Å². The van der Waals surface area contributed by atoms with Crippen LogP contribution < -0.4 is 9.64 Å². The summed E-state index contributed by atoms with van der Waals surface area (Å²) in [6.07, 6.45) is 5.16. The fourth-order valence-electron chi connectivity index (χ4n) is 3.55. The summed E-state index contributed by atoms with van der Waals surface area (Å²) in [5.74, 6) is 1.77. The van der Waals surface area contributed by atoms with Crippen molar-refractivity contribution in [3.63, 3.8) is 0 Å². The molecule has 1 N–H and O–H groups in total. The zero-order valence-corrected chi connectivity index (χ0v) is 18.0. The summed E-state index contributed by atoms with van der Waals surface area (Å²) in [7, 11) is 3.11. The van der Waals surface area contributed by atoms with Gasteiger partial charge in [0.25, 0.3) is 0 Å². The summed E-state index contributed by atoms with van der Waals surface area (Å²) in [6.45, 7) is 10.1. The summed E-state index contributed by atoms with van der Waals surface area (Å²) in [5, 5.41) is 7.00. The fourth-order valence-corrected chi connectivity index (χ4v) is 3.55. The summed E-state index contributed by atoms with van der Waals surface area (Å²) in [6, 6.07) is 6.41. The van der Waals surface area contributed by atoms with Crippen molar-refractivity contribution in [1.29, 1.82) is 0 Å². The Morgan fingerprint density at radius 3 is 2.36 bits per heavy atom. The molecule has 1 aliphatic rings. The predicted molar refractivity (Wildman–Crippen MR) is 117 cm³/mol. The summed E-state index contributed by atoms with van der Waals surface area (Å²) in [4.78, 5) is 12.1.